The number of nitriles is 1. The number of hydrogen-bond donors (Lipinski definition) is 0. The Morgan fingerprint density at radius 1 is 1.33 bits per heavy atom. The molecule has 0 N–H and O–H groups in total. The number of rotatable bonds is 4. The van der Waals surface area contributed by atoms with E-state index in [1.54, 1.807) is 18.0 Å². The van der Waals surface area contributed by atoms with E-state index in [2.05, 4.69) is 16.3 Å². The molecule has 3 fully saturated rings. The lowest BCUT2D eigenvalue weighted by molar-refractivity contribution is -0.134. The van der Waals surface area contributed by atoms with E-state index in [0.717, 1.165) is 5.56 Å². The molecule has 0 radical (unpaired) electrons. The molecule has 1 aromatic heterocycles. The Labute approximate surface area is 153 Å². The molecule has 4 aliphatic carbocycles. The molecule has 0 bridgehead atoms. The van der Waals surface area contributed by atoms with Crippen LogP contribution in [0, 0.1) is 40.2 Å². The molecule has 1 spiro atoms. The standard InChI is InChI=1S/C20H14F2N4O/c1-26(7-3-6-23)18(27)20-16-15-14(19(15,16)20)9-8-12(24-25-17(9)20)13-10(21)4-2-5-11(13)22/h2,4-5,8,14-16H,3,7H2,1H3/t14-,15?,16?,19?,20-/m0/s1. The summed E-state index contributed by atoms with van der Waals surface area (Å²) < 4.78 is 28.2. The number of likely N-dealkylation sites (N-methyl/N-ethyl adjacent to an activating group) is 1. The second-order valence-corrected chi connectivity index (χ2v) is 7.99. The number of hydrogen-bond acceptors (Lipinski definition) is 4. The highest BCUT2D eigenvalue weighted by Crippen LogP contribution is 3.14. The molecule has 3 unspecified atom stereocenters. The van der Waals surface area contributed by atoms with Crippen LogP contribution in [-0.2, 0) is 10.2 Å². The fourth-order valence-corrected chi connectivity index (χ4v) is 6.03. The minimum Gasteiger partial charge on any atom is -0.344 e. The first-order valence-electron chi connectivity index (χ1n) is 8.97. The maximum atomic E-state index is 14.1. The van der Waals surface area contributed by atoms with Gasteiger partial charge in [0.05, 0.1) is 29.4 Å². The summed E-state index contributed by atoms with van der Waals surface area (Å²) in [6.07, 6.45) is 0.285. The van der Waals surface area contributed by atoms with Crippen LogP contribution in [0.4, 0.5) is 8.78 Å². The van der Waals surface area contributed by atoms with Gasteiger partial charge in [0.2, 0.25) is 5.91 Å². The fraction of sp³-hybridized carbons (Fsp3) is 0.400. The molecule has 3 saturated carbocycles. The van der Waals surface area contributed by atoms with E-state index in [0.29, 0.717) is 24.1 Å². The normalized spacial score (nSPS) is 34.8. The summed E-state index contributed by atoms with van der Waals surface area (Å²) in [7, 11) is 1.71. The van der Waals surface area contributed by atoms with Gasteiger partial charge in [0.15, 0.2) is 0 Å². The second-order valence-electron chi connectivity index (χ2n) is 7.99. The summed E-state index contributed by atoms with van der Waals surface area (Å²) >= 11 is 0. The van der Waals surface area contributed by atoms with Gasteiger partial charge in [-0.1, -0.05) is 6.07 Å². The number of nitrogens with zero attached hydrogens (tertiary/aromatic N) is 4. The third-order valence-corrected chi connectivity index (χ3v) is 7.14. The van der Waals surface area contributed by atoms with Crippen molar-refractivity contribution < 1.29 is 13.6 Å². The number of halogens is 2. The molecule has 6 rings (SSSR count). The predicted octanol–water partition coefficient (Wildman–Crippen LogP) is 2.39. The van der Waals surface area contributed by atoms with Gasteiger partial charge in [0.25, 0.3) is 0 Å². The summed E-state index contributed by atoms with van der Waals surface area (Å²) in [5, 5.41) is 17.1. The minimum atomic E-state index is -0.675. The van der Waals surface area contributed by atoms with E-state index in [1.165, 1.54) is 18.2 Å². The van der Waals surface area contributed by atoms with Gasteiger partial charge in [-0.05, 0) is 41.5 Å². The van der Waals surface area contributed by atoms with Crippen LogP contribution >= 0.6 is 0 Å². The lowest BCUT2D eigenvalue weighted by atomic mass is 9.84. The zero-order valence-corrected chi connectivity index (χ0v) is 14.4. The Hall–Kier alpha value is -2.88. The highest BCUT2D eigenvalue weighted by Gasteiger charge is 3.16. The summed E-state index contributed by atoms with van der Waals surface area (Å²) in [5.41, 5.74) is 0.954. The molecule has 7 heteroatoms. The first kappa shape index (κ1) is 15.2. The van der Waals surface area contributed by atoms with E-state index < -0.39 is 17.0 Å². The maximum Gasteiger partial charge on any atom is 0.235 e. The minimum absolute atomic E-state index is 0.000581. The molecule has 27 heavy (non-hydrogen) atoms. The van der Waals surface area contributed by atoms with Crippen molar-refractivity contribution in [1.82, 2.24) is 15.1 Å². The van der Waals surface area contributed by atoms with E-state index in [4.69, 9.17) is 5.26 Å². The Morgan fingerprint density at radius 3 is 2.78 bits per heavy atom. The quantitative estimate of drug-likeness (QED) is 0.835. The van der Waals surface area contributed by atoms with Crippen LogP contribution in [0.3, 0.4) is 0 Å². The van der Waals surface area contributed by atoms with E-state index in [1.807, 2.05) is 0 Å². The molecule has 1 aromatic carbocycles. The highest BCUT2D eigenvalue weighted by molar-refractivity contribution is 6.04. The third kappa shape index (κ3) is 1.36. The first-order chi connectivity index (χ1) is 13.0. The molecule has 0 aliphatic heterocycles. The molecule has 2 aromatic rings. The largest absolute Gasteiger partial charge is 0.344 e. The van der Waals surface area contributed by atoms with Crippen molar-refractivity contribution in [3.05, 3.63) is 47.2 Å². The van der Waals surface area contributed by atoms with Crippen molar-refractivity contribution in [2.24, 2.45) is 17.3 Å². The van der Waals surface area contributed by atoms with Gasteiger partial charge in [-0.2, -0.15) is 10.4 Å². The van der Waals surface area contributed by atoms with Crippen molar-refractivity contribution in [2.45, 2.75) is 17.8 Å². The van der Waals surface area contributed by atoms with Crippen LogP contribution in [0.15, 0.2) is 24.3 Å². The molecular weight excluding hydrogens is 350 g/mol. The van der Waals surface area contributed by atoms with Crippen molar-refractivity contribution >= 4 is 5.91 Å². The Morgan fingerprint density at radius 2 is 2.07 bits per heavy atom. The topological polar surface area (TPSA) is 69.9 Å². The zero-order valence-electron chi connectivity index (χ0n) is 14.4. The first-order valence-corrected chi connectivity index (χ1v) is 8.97. The number of carbonyl (C=O) groups excluding carboxylic acids is 1. The smallest absolute Gasteiger partial charge is 0.235 e. The van der Waals surface area contributed by atoms with Gasteiger partial charge < -0.3 is 4.90 Å². The van der Waals surface area contributed by atoms with Crippen LogP contribution in [0.25, 0.3) is 11.3 Å². The highest BCUT2D eigenvalue weighted by atomic mass is 19.1. The van der Waals surface area contributed by atoms with Gasteiger partial charge >= 0.3 is 0 Å². The molecule has 0 saturated heterocycles. The van der Waals surface area contributed by atoms with Crippen molar-refractivity contribution in [2.75, 3.05) is 13.6 Å². The Bertz CT molecular complexity index is 1090. The van der Waals surface area contributed by atoms with Gasteiger partial charge in [0.1, 0.15) is 17.0 Å². The lowest BCUT2D eigenvalue weighted by Gasteiger charge is -2.28. The van der Waals surface area contributed by atoms with E-state index in [-0.39, 0.29) is 34.9 Å². The van der Waals surface area contributed by atoms with Crippen molar-refractivity contribution in [1.29, 1.82) is 5.26 Å². The molecule has 1 heterocycles. The van der Waals surface area contributed by atoms with E-state index in [9.17, 15) is 13.6 Å². The average Bonchev–Trinajstić information content (AvgIpc) is 3.58. The number of benzene rings is 1. The summed E-state index contributed by atoms with van der Waals surface area (Å²) in [6.45, 7) is 0.385. The van der Waals surface area contributed by atoms with Crippen LogP contribution in [0.2, 0.25) is 0 Å². The third-order valence-electron chi connectivity index (χ3n) is 7.14. The second kappa shape index (κ2) is 4.33. The summed E-state index contributed by atoms with van der Waals surface area (Å²) in [4.78, 5) is 14.7. The van der Waals surface area contributed by atoms with Crippen LogP contribution in [-0.4, -0.2) is 34.6 Å². The SMILES string of the molecule is CN(CCC#N)C(=O)[C@@]12c3nnc(-c4c(F)cccc4F)cc3[C@H]3C4C1C432. The van der Waals surface area contributed by atoms with Gasteiger partial charge in [-0.15, -0.1) is 5.10 Å². The number of aromatic nitrogens is 2. The van der Waals surface area contributed by atoms with Crippen LogP contribution in [0.5, 0.6) is 0 Å². The molecular formula is C20H14F2N4O. The summed E-state index contributed by atoms with van der Waals surface area (Å²) in [5.74, 6) is -0.252. The fourth-order valence-electron chi connectivity index (χ4n) is 6.03. The van der Waals surface area contributed by atoms with Crippen LogP contribution in [0.1, 0.15) is 23.6 Å². The van der Waals surface area contributed by atoms with Crippen LogP contribution < -0.4 is 0 Å². The van der Waals surface area contributed by atoms with Gasteiger partial charge in [0, 0.05) is 19.0 Å². The maximum absolute atomic E-state index is 14.1. The monoisotopic (exact) mass is 364 g/mol. The number of carbonyl (C=O) groups is 1. The molecule has 134 valence electrons. The van der Waals surface area contributed by atoms with Gasteiger partial charge in [-0.25, -0.2) is 8.78 Å². The number of amides is 1. The zero-order chi connectivity index (χ0) is 18.7. The van der Waals surface area contributed by atoms with Crippen molar-refractivity contribution in [3.8, 4) is 17.3 Å². The molecule has 5 atom stereocenters. The Kier molecular flexibility index (Phi) is 2.44. The van der Waals surface area contributed by atoms with Crippen molar-refractivity contribution in [3.63, 3.8) is 0 Å². The molecule has 4 aliphatic rings. The molecule has 5 nitrogen and oxygen atoms in total. The lowest BCUT2D eigenvalue weighted by Crippen LogP contribution is -2.42. The van der Waals surface area contributed by atoms with Gasteiger partial charge in [-0.3, -0.25) is 4.79 Å². The summed E-state index contributed by atoms with van der Waals surface area (Å²) in [6, 6.07) is 7.48. The number of fused-ring (bicyclic) bond motifs is 6. The Balaban J connectivity index is 1.42. The van der Waals surface area contributed by atoms with E-state index >= 15 is 0 Å². The molecule has 1 amide bonds. The predicted molar refractivity (Wildman–Crippen MR) is 89.1 cm³/mol. The average molecular weight is 364 g/mol.